The van der Waals surface area contributed by atoms with E-state index < -0.39 is 0 Å². The maximum atomic E-state index is 5.50. The number of anilines is 1. The SMILES string of the molecule is COc1ccccc1CSc1nnc(N2CCOCC2)n1Cc1ccccc1. The van der Waals surface area contributed by atoms with Crippen LogP contribution in [0.1, 0.15) is 11.1 Å². The Morgan fingerprint density at radius 1 is 1.00 bits per heavy atom. The molecular formula is C21H24N4O2S. The van der Waals surface area contributed by atoms with Gasteiger partial charge in [-0.2, -0.15) is 0 Å². The van der Waals surface area contributed by atoms with Gasteiger partial charge in [-0.15, -0.1) is 10.2 Å². The molecule has 3 aromatic rings. The van der Waals surface area contributed by atoms with Gasteiger partial charge < -0.3 is 14.4 Å². The van der Waals surface area contributed by atoms with Crippen molar-refractivity contribution in [2.75, 3.05) is 38.3 Å². The molecule has 0 atom stereocenters. The molecule has 0 amide bonds. The molecular weight excluding hydrogens is 372 g/mol. The van der Waals surface area contributed by atoms with E-state index >= 15 is 0 Å². The second-order valence-electron chi connectivity index (χ2n) is 6.55. The molecule has 0 N–H and O–H groups in total. The van der Waals surface area contributed by atoms with Gasteiger partial charge in [-0.3, -0.25) is 4.57 Å². The summed E-state index contributed by atoms with van der Waals surface area (Å²) in [6, 6.07) is 18.5. The lowest BCUT2D eigenvalue weighted by molar-refractivity contribution is 0.121. The van der Waals surface area contributed by atoms with Crippen molar-refractivity contribution in [3.8, 4) is 5.75 Å². The van der Waals surface area contributed by atoms with Crippen molar-refractivity contribution in [1.82, 2.24) is 14.8 Å². The topological polar surface area (TPSA) is 52.4 Å². The highest BCUT2D eigenvalue weighted by molar-refractivity contribution is 7.98. The number of para-hydroxylation sites is 1. The molecule has 1 fully saturated rings. The molecule has 1 aliphatic rings. The smallest absolute Gasteiger partial charge is 0.228 e. The van der Waals surface area contributed by atoms with Gasteiger partial charge in [0, 0.05) is 24.4 Å². The summed E-state index contributed by atoms with van der Waals surface area (Å²) in [5, 5.41) is 9.95. The van der Waals surface area contributed by atoms with Gasteiger partial charge in [0.05, 0.1) is 26.9 Å². The van der Waals surface area contributed by atoms with Crippen LogP contribution < -0.4 is 9.64 Å². The molecule has 6 nitrogen and oxygen atoms in total. The Hall–Kier alpha value is -2.51. The van der Waals surface area contributed by atoms with Crippen LogP contribution in [0.15, 0.2) is 59.8 Å². The van der Waals surface area contributed by atoms with E-state index in [9.17, 15) is 0 Å². The Bertz CT molecular complexity index is 894. The Morgan fingerprint density at radius 2 is 1.75 bits per heavy atom. The first-order valence-corrected chi connectivity index (χ1v) is 10.4. The molecule has 1 aromatic heterocycles. The zero-order valence-corrected chi connectivity index (χ0v) is 16.8. The van der Waals surface area contributed by atoms with E-state index in [1.165, 1.54) is 5.56 Å². The fourth-order valence-corrected chi connectivity index (χ4v) is 4.18. The van der Waals surface area contributed by atoms with Crippen molar-refractivity contribution < 1.29 is 9.47 Å². The summed E-state index contributed by atoms with van der Waals surface area (Å²) >= 11 is 1.69. The van der Waals surface area contributed by atoms with Crippen LogP contribution in [0.25, 0.3) is 0 Å². The average Bonchev–Trinajstić information content (AvgIpc) is 3.16. The zero-order chi connectivity index (χ0) is 19.2. The number of ether oxygens (including phenoxy) is 2. The van der Waals surface area contributed by atoms with Crippen LogP contribution in [-0.4, -0.2) is 48.2 Å². The van der Waals surface area contributed by atoms with E-state index in [1.54, 1.807) is 18.9 Å². The third-order valence-corrected chi connectivity index (χ3v) is 5.74. The van der Waals surface area contributed by atoms with E-state index in [-0.39, 0.29) is 0 Å². The molecule has 0 spiro atoms. The molecule has 1 saturated heterocycles. The number of methoxy groups -OCH3 is 1. The molecule has 0 radical (unpaired) electrons. The molecule has 2 heterocycles. The number of hydrogen-bond donors (Lipinski definition) is 0. The molecule has 0 saturated carbocycles. The van der Waals surface area contributed by atoms with Gasteiger partial charge in [0.2, 0.25) is 5.95 Å². The Kier molecular flexibility index (Phi) is 6.14. The second kappa shape index (κ2) is 9.12. The molecule has 1 aliphatic heterocycles. The summed E-state index contributed by atoms with van der Waals surface area (Å²) in [5.41, 5.74) is 2.38. The van der Waals surface area contributed by atoms with E-state index in [2.05, 4.69) is 50.0 Å². The molecule has 2 aromatic carbocycles. The predicted molar refractivity (Wildman–Crippen MR) is 111 cm³/mol. The first-order valence-electron chi connectivity index (χ1n) is 9.39. The minimum atomic E-state index is 0.724. The Labute approximate surface area is 169 Å². The fraction of sp³-hybridized carbons (Fsp3) is 0.333. The molecule has 28 heavy (non-hydrogen) atoms. The average molecular weight is 397 g/mol. The highest BCUT2D eigenvalue weighted by atomic mass is 32.2. The first-order chi connectivity index (χ1) is 13.8. The van der Waals surface area contributed by atoms with Crippen molar-refractivity contribution >= 4 is 17.7 Å². The highest BCUT2D eigenvalue weighted by Gasteiger charge is 2.21. The van der Waals surface area contributed by atoms with Crippen molar-refractivity contribution in [3.63, 3.8) is 0 Å². The van der Waals surface area contributed by atoms with E-state index in [4.69, 9.17) is 9.47 Å². The van der Waals surface area contributed by atoms with Crippen LogP contribution >= 0.6 is 11.8 Å². The summed E-state index contributed by atoms with van der Waals surface area (Å²) in [7, 11) is 1.71. The second-order valence-corrected chi connectivity index (χ2v) is 7.50. The minimum Gasteiger partial charge on any atom is -0.496 e. The standard InChI is InChI=1S/C21H24N4O2S/c1-26-19-10-6-5-9-18(19)16-28-21-23-22-20(24-11-13-27-14-12-24)25(21)15-17-7-3-2-4-8-17/h2-10H,11-16H2,1H3. The summed E-state index contributed by atoms with van der Waals surface area (Å²) < 4.78 is 13.2. The van der Waals surface area contributed by atoms with Gasteiger partial charge in [0.25, 0.3) is 0 Å². The lowest BCUT2D eigenvalue weighted by atomic mass is 10.2. The van der Waals surface area contributed by atoms with Gasteiger partial charge in [0.1, 0.15) is 5.75 Å². The summed E-state index contributed by atoms with van der Waals surface area (Å²) in [5.74, 6) is 2.59. The van der Waals surface area contributed by atoms with Crippen molar-refractivity contribution in [1.29, 1.82) is 0 Å². The Morgan fingerprint density at radius 3 is 2.54 bits per heavy atom. The van der Waals surface area contributed by atoms with Crippen molar-refractivity contribution in [2.45, 2.75) is 17.5 Å². The van der Waals surface area contributed by atoms with Crippen LogP contribution in [0.4, 0.5) is 5.95 Å². The van der Waals surface area contributed by atoms with Gasteiger partial charge in [0.15, 0.2) is 5.16 Å². The van der Waals surface area contributed by atoms with Crippen molar-refractivity contribution in [2.24, 2.45) is 0 Å². The number of rotatable bonds is 7. The largest absolute Gasteiger partial charge is 0.496 e. The number of benzene rings is 2. The van der Waals surface area contributed by atoms with Gasteiger partial charge in [-0.25, -0.2) is 0 Å². The monoisotopic (exact) mass is 396 g/mol. The summed E-state index contributed by atoms with van der Waals surface area (Å²) in [6.07, 6.45) is 0. The highest BCUT2D eigenvalue weighted by Crippen LogP contribution is 2.29. The summed E-state index contributed by atoms with van der Waals surface area (Å²) in [6.45, 7) is 3.87. The lowest BCUT2D eigenvalue weighted by Gasteiger charge is -2.28. The molecule has 0 bridgehead atoms. The molecule has 0 aliphatic carbocycles. The lowest BCUT2D eigenvalue weighted by Crippen LogP contribution is -2.38. The van der Waals surface area contributed by atoms with Crippen LogP contribution in [0.5, 0.6) is 5.75 Å². The van der Waals surface area contributed by atoms with Gasteiger partial charge >= 0.3 is 0 Å². The van der Waals surface area contributed by atoms with Crippen LogP contribution in [0.2, 0.25) is 0 Å². The van der Waals surface area contributed by atoms with Crippen molar-refractivity contribution in [3.05, 3.63) is 65.7 Å². The molecule has 4 rings (SSSR count). The third-order valence-electron chi connectivity index (χ3n) is 4.72. The van der Waals surface area contributed by atoms with Gasteiger partial charge in [-0.1, -0.05) is 60.3 Å². The molecule has 7 heteroatoms. The van der Waals surface area contributed by atoms with Crippen LogP contribution in [-0.2, 0) is 17.0 Å². The third kappa shape index (κ3) is 4.31. The minimum absolute atomic E-state index is 0.724. The number of morpholine rings is 1. The fourth-order valence-electron chi connectivity index (χ4n) is 3.25. The number of hydrogen-bond acceptors (Lipinski definition) is 6. The van der Waals surface area contributed by atoms with E-state index in [0.717, 1.165) is 61.0 Å². The quantitative estimate of drug-likeness (QED) is 0.570. The van der Waals surface area contributed by atoms with Gasteiger partial charge in [-0.05, 0) is 11.6 Å². The summed E-state index contributed by atoms with van der Waals surface area (Å²) in [4.78, 5) is 2.26. The maximum Gasteiger partial charge on any atom is 0.228 e. The first kappa shape index (κ1) is 18.8. The molecule has 0 unspecified atom stereocenters. The maximum absolute atomic E-state index is 5.50. The van der Waals surface area contributed by atoms with Crippen LogP contribution in [0.3, 0.4) is 0 Å². The Balaban J connectivity index is 1.59. The zero-order valence-electron chi connectivity index (χ0n) is 16.0. The van der Waals surface area contributed by atoms with Crippen LogP contribution in [0, 0.1) is 0 Å². The van der Waals surface area contributed by atoms with E-state index in [1.807, 2.05) is 24.3 Å². The normalized spacial score (nSPS) is 14.2. The number of thioether (sulfide) groups is 1. The predicted octanol–water partition coefficient (Wildman–Crippen LogP) is 3.46. The van der Waals surface area contributed by atoms with E-state index in [0.29, 0.717) is 0 Å². The number of nitrogens with zero attached hydrogens (tertiary/aromatic N) is 4. The number of aromatic nitrogens is 3. The molecule has 146 valence electrons.